The van der Waals surface area contributed by atoms with Crippen LogP contribution in [0.5, 0.6) is 0 Å². The second kappa shape index (κ2) is 4.74. The van der Waals surface area contributed by atoms with Gasteiger partial charge in [0.15, 0.2) is 5.65 Å². The molecule has 0 aliphatic carbocycles. The number of fused-ring (bicyclic) bond motifs is 1. The number of nitrogens with one attached hydrogen (secondary N) is 3. The predicted octanol–water partition coefficient (Wildman–Crippen LogP) is 2.79. The molecule has 1 aromatic carbocycles. The first-order valence-corrected chi connectivity index (χ1v) is 6.05. The van der Waals surface area contributed by atoms with Crippen LogP contribution in [0.1, 0.15) is 0 Å². The standard InChI is InChI=1S/C12H11ClN6/c1-14-12-17-10(9-6-15-19-11(9)18-12)16-8-4-2-3-7(13)5-8/h2-6H,1H3,(H3,14,15,16,17,18,19). The first-order valence-electron chi connectivity index (χ1n) is 5.68. The zero-order valence-electron chi connectivity index (χ0n) is 10.1. The van der Waals surface area contributed by atoms with E-state index in [9.17, 15) is 0 Å². The van der Waals surface area contributed by atoms with Crippen LogP contribution in [0.2, 0.25) is 5.02 Å². The number of nitrogens with zero attached hydrogens (tertiary/aromatic N) is 3. The number of rotatable bonds is 3. The third-order valence-electron chi connectivity index (χ3n) is 2.62. The van der Waals surface area contributed by atoms with Crippen molar-refractivity contribution < 1.29 is 0 Å². The maximum absolute atomic E-state index is 5.96. The Balaban J connectivity index is 2.06. The Hall–Kier alpha value is -2.34. The monoisotopic (exact) mass is 274 g/mol. The van der Waals surface area contributed by atoms with Crippen LogP contribution in [-0.4, -0.2) is 27.2 Å². The van der Waals surface area contributed by atoms with Crippen LogP contribution in [0, 0.1) is 0 Å². The summed E-state index contributed by atoms with van der Waals surface area (Å²) in [5.74, 6) is 1.19. The van der Waals surface area contributed by atoms with Gasteiger partial charge in [0.05, 0.1) is 11.6 Å². The highest BCUT2D eigenvalue weighted by Gasteiger charge is 2.09. The van der Waals surface area contributed by atoms with Gasteiger partial charge in [-0.2, -0.15) is 15.1 Å². The molecule has 3 aromatic rings. The first kappa shape index (κ1) is 11.7. The van der Waals surface area contributed by atoms with Crippen LogP contribution in [0.15, 0.2) is 30.5 Å². The highest BCUT2D eigenvalue weighted by atomic mass is 35.5. The number of hydrogen-bond donors (Lipinski definition) is 3. The summed E-state index contributed by atoms with van der Waals surface area (Å²) in [5.41, 5.74) is 1.53. The fraction of sp³-hybridized carbons (Fsp3) is 0.0833. The summed E-state index contributed by atoms with van der Waals surface area (Å²) >= 11 is 5.96. The Morgan fingerprint density at radius 3 is 2.95 bits per heavy atom. The Kier molecular flexibility index (Phi) is 2.92. The molecule has 0 saturated heterocycles. The van der Waals surface area contributed by atoms with Crippen molar-refractivity contribution >= 4 is 40.1 Å². The molecule has 0 spiro atoms. The summed E-state index contributed by atoms with van der Waals surface area (Å²) in [5, 5.41) is 14.4. The van der Waals surface area contributed by atoms with Gasteiger partial charge in [-0.25, -0.2) is 0 Å². The fourth-order valence-electron chi connectivity index (χ4n) is 1.74. The number of H-pyrrole nitrogens is 1. The molecule has 0 aliphatic rings. The van der Waals surface area contributed by atoms with Gasteiger partial charge in [-0.15, -0.1) is 0 Å². The Morgan fingerprint density at radius 1 is 1.26 bits per heavy atom. The lowest BCUT2D eigenvalue weighted by Crippen LogP contribution is -2.01. The zero-order valence-corrected chi connectivity index (χ0v) is 10.9. The van der Waals surface area contributed by atoms with E-state index in [1.165, 1.54) is 0 Å². The minimum atomic E-state index is 0.515. The summed E-state index contributed by atoms with van der Waals surface area (Å²) in [4.78, 5) is 8.65. The van der Waals surface area contributed by atoms with Gasteiger partial charge in [-0.3, -0.25) is 5.10 Å². The van der Waals surface area contributed by atoms with E-state index in [1.54, 1.807) is 13.2 Å². The Bertz CT molecular complexity index is 723. The molecule has 2 aromatic heterocycles. The van der Waals surface area contributed by atoms with E-state index in [-0.39, 0.29) is 0 Å². The quantitative estimate of drug-likeness (QED) is 0.684. The van der Waals surface area contributed by atoms with Gasteiger partial charge in [0.2, 0.25) is 5.95 Å². The molecule has 0 bridgehead atoms. The summed E-state index contributed by atoms with van der Waals surface area (Å²) in [7, 11) is 1.76. The van der Waals surface area contributed by atoms with Gasteiger partial charge in [0.25, 0.3) is 0 Å². The third-order valence-corrected chi connectivity index (χ3v) is 2.86. The molecular formula is C12H11ClN6. The molecule has 2 heterocycles. The highest BCUT2D eigenvalue weighted by molar-refractivity contribution is 6.30. The molecule has 19 heavy (non-hydrogen) atoms. The molecule has 7 heteroatoms. The van der Waals surface area contributed by atoms with Gasteiger partial charge in [0, 0.05) is 17.8 Å². The minimum Gasteiger partial charge on any atom is -0.357 e. The second-order valence-electron chi connectivity index (χ2n) is 3.91. The number of hydrogen-bond acceptors (Lipinski definition) is 5. The molecule has 0 unspecified atom stereocenters. The van der Waals surface area contributed by atoms with E-state index < -0.39 is 0 Å². The molecule has 0 amide bonds. The molecular weight excluding hydrogens is 264 g/mol. The lowest BCUT2D eigenvalue weighted by molar-refractivity contribution is 1.09. The van der Waals surface area contributed by atoms with Crippen molar-refractivity contribution in [3.8, 4) is 0 Å². The second-order valence-corrected chi connectivity index (χ2v) is 4.35. The largest absolute Gasteiger partial charge is 0.357 e. The summed E-state index contributed by atoms with van der Waals surface area (Å²) < 4.78 is 0. The summed E-state index contributed by atoms with van der Waals surface area (Å²) in [6.07, 6.45) is 1.68. The Labute approximate surface area is 114 Å². The van der Waals surface area contributed by atoms with Gasteiger partial charge in [-0.1, -0.05) is 17.7 Å². The van der Waals surface area contributed by atoms with Crippen LogP contribution in [0.4, 0.5) is 17.5 Å². The van der Waals surface area contributed by atoms with E-state index in [0.29, 0.717) is 22.4 Å². The van der Waals surface area contributed by atoms with Crippen LogP contribution >= 0.6 is 11.6 Å². The maximum atomic E-state index is 5.96. The van der Waals surface area contributed by atoms with Gasteiger partial charge in [0.1, 0.15) is 5.82 Å². The summed E-state index contributed by atoms with van der Waals surface area (Å²) in [6.45, 7) is 0. The maximum Gasteiger partial charge on any atom is 0.226 e. The van der Waals surface area contributed by atoms with Crippen molar-refractivity contribution in [1.82, 2.24) is 20.2 Å². The number of halogens is 1. The van der Waals surface area contributed by atoms with E-state index in [4.69, 9.17) is 11.6 Å². The predicted molar refractivity (Wildman–Crippen MR) is 76.0 cm³/mol. The molecule has 96 valence electrons. The van der Waals surface area contributed by atoms with Crippen molar-refractivity contribution in [2.24, 2.45) is 0 Å². The van der Waals surface area contributed by atoms with Crippen molar-refractivity contribution in [2.45, 2.75) is 0 Å². The number of benzene rings is 1. The van der Waals surface area contributed by atoms with E-state index >= 15 is 0 Å². The SMILES string of the molecule is CNc1nc(Nc2cccc(Cl)c2)c2cn[nH]c2n1. The minimum absolute atomic E-state index is 0.515. The van der Waals surface area contributed by atoms with Crippen molar-refractivity contribution in [1.29, 1.82) is 0 Å². The molecule has 0 fully saturated rings. The molecule has 3 N–H and O–H groups in total. The molecule has 0 saturated carbocycles. The van der Waals surface area contributed by atoms with Crippen LogP contribution in [0.3, 0.4) is 0 Å². The lowest BCUT2D eigenvalue weighted by Gasteiger charge is -2.08. The molecule has 3 rings (SSSR count). The molecule has 6 nitrogen and oxygen atoms in total. The van der Waals surface area contributed by atoms with Gasteiger partial charge >= 0.3 is 0 Å². The van der Waals surface area contributed by atoms with Gasteiger partial charge in [-0.05, 0) is 18.2 Å². The van der Waals surface area contributed by atoms with Crippen molar-refractivity contribution in [2.75, 3.05) is 17.7 Å². The average Bonchev–Trinajstić information content (AvgIpc) is 2.87. The molecule has 0 radical (unpaired) electrons. The average molecular weight is 275 g/mol. The van der Waals surface area contributed by atoms with Crippen LogP contribution in [0.25, 0.3) is 11.0 Å². The van der Waals surface area contributed by atoms with E-state index in [0.717, 1.165) is 11.1 Å². The number of anilines is 3. The third kappa shape index (κ3) is 2.30. The highest BCUT2D eigenvalue weighted by Crippen LogP contribution is 2.24. The zero-order chi connectivity index (χ0) is 13.2. The number of aromatic amines is 1. The van der Waals surface area contributed by atoms with Crippen LogP contribution < -0.4 is 10.6 Å². The fourth-order valence-corrected chi connectivity index (χ4v) is 1.94. The molecule has 0 aliphatic heterocycles. The molecule has 0 atom stereocenters. The summed E-state index contributed by atoms with van der Waals surface area (Å²) in [6, 6.07) is 7.43. The van der Waals surface area contributed by atoms with Crippen LogP contribution in [-0.2, 0) is 0 Å². The number of aromatic nitrogens is 4. The first-order chi connectivity index (χ1) is 9.26. The topological polar surface area (TPSA) is 78.5 Å². The van der Waals surface area contributed by atoms with Gasteiger partial charge < -0.3 is 10.6 Å². The van der Waals surface area contributed by atoms with Crippen molar-refractivity contribution in [3.63, 3.8) is 0 Å². The smallest absolute Gasteiger partial charge is 0.226 e. The van der Waals surface area contributed by atoms with Crippen molar-refractivity contribution in [3.05, 3.63) is 35.5 Å². The lowest BCUT2D eigenvalue weighted by atomic mass is 10.3. The normalized spacial score (nSPS) is 10.6. The Morgan fingerprint density at radius 2 is 2.16 bits per heavy atom. The van der Waals surface area contributed by atoms with E-state index in [2.05, 4.69) is 30.8 Å². The van der Waals surface area contributed by atoms with E-state index in [1.807, 2.05) is 24.3 Å².